The van der Waals surface area contributed by atoms with Gasteiger partial charge >= 0.3 is 0 Å². The maximum atomic E-state index is 9.29. The van der Waals surface area contributed by atoms with Crippen molar-refractivity contribution in [1.29, 1.82) is 0 Å². The van der Waals surface area contributed by atoms with Crippen molar-refractivity contribution in [1.82, 2.24) is 0 Å². The average Bonchev–Trinajstić information content (AvgIpc) is 2.21. The Morgan fingerprint density at radius 3 is 2.86 bits per heavy atom. The van der Waals surface area contributed by atoms with Crippen LogP contribution in [0.25, 0.3) is 6.08 Å². The third-order valence-electron chi connectivity index (χ3n) is 1.64. The van der Waals surface area contributed by atoms with Crippen LogP contribution in [0.2, 0.25) is 0 Å². The van der Waals surface area contributed by atoms with Crippen molar-refractivity contribution in [2.45, 2.75) is 0 Å². The van der Waals surface area contributed by atoms with E-state index in [4.69, 9.17) is 9.84 Å². The average molecular weight is 196 g/mol. The Bertz CT molecular complexity index is 320. The van der Waals surface area contributed by atoms with Crippen LogP contribution in [-0.4, -0.2) is 24.1 Å². The van der Waals surface area contributed by atoms with Crippen molar-refractivity contribution in [3.8, 4) is 11.5 Å². The Balaban J connectivity index is 2.79. The summed E-state index contributed by atoms with van der Waals surface area (Å²) in [5.41, 5.74) is 0.813. The lowest BCUT2D eigenvalue weighted by Crippen LogP contribution is -1.85. The molecule has 4 nitrogen and oxygen atoms in total. The molecule has 0 spiro atoms. The van der Waals surface area contributed by atoms with Crippen LogP contribution < -0.4 is 4.74 Å². The van der Waals surface area contributed by atoms with E-state index in [1.54, 1.807) is 18.2 Å². The standard InChI is InChI=1S/C10H12O4/c1-13-10-6-8(2-3-9(10)12)4-5-14-7-11/h2-6,11-12H,7H2,1H3. The number of rotatable bonds is 4. The van der Waals surface area contributed by atoms with E-state index in [1.165, 1.54) is 19.4 Å². The quantitative estimate of drug-likeness (QED) is 0.563. The van der Waals surface area contributed by atoms with Crippen molar-refractivity contribution in [3.05, 3.63) is 30.0 Å². The zero-order valence-corrected chi connectivity index (χ0v) is 7.80. The number of aliphatic hydroxyl groups excluding tert-OH is 1. The largest absolute Gasteiger partial charge is 0.504 e. The SMILES string of the molecule is COc1cc(C=COCO)ccc1O. The second kappa shape index (κ2) is 5.14. The zero-order chi connectivity index (χ0) is 10.4. The third-order valence-corrected chi connectivity index (χ3v) is 1.64. The van der Waals surface area contributed by atoms with Crippen LogP contribution in [0, 0.1) is 0 Å². The number of hydrogen-bond donors (Lipinski definition) is 2. The molecule has 0 aliphatic rings. The topological polar surface area (TPSA) is 58.9 Å². The summed E-state index contributed by atoms with van der Waals surface area (Å²) in [5.74, 6) is 0.490. The predicted octanol–water partition coefficient (Wildman–Crippen LogP) is 1.34. The summed E-state index contributed by atoms with van der Waals surface area (Å²) in [4.78, 5) is 0. The molecule has 4 heteroatoms. The van der Waals surface area contributed by atoms with Crippen LogP contribution in [0.15, 0.2) is 24.5 Å². The summed E-state index contributed by atoms with van der Waals surface area (Å²) >= 11 is 0. The van der Waals surface area contributed by atoms with Crippen LogP contribution in [0.1, 0.15) is 5.56 Å². The first-order valence-corrected chi connectivity index (χ1v) is 4.04. The molecule has 0 atom stereocenters. The lowest BCUT2D eigenvalue weighted by molar-refractivity contribution is 0.0614. The van der Waals surface area contributed by atoms with Gasteiger partial charge < -0.3 is 19.7 Å². The first kappa shape index (κ1) is 10.4. The van der Waals surface area contributed by atoms with E-state index in [0.29, 0.717) is 5.75 Å². The van der Waals surface area contributed by atoms with Gasteiger partial charge in [0.2, 0.25) is 0 Å². The van der Waals surface area contributed by atoms with Crippen molar-refractivity contribution in [2.75, 3.05) is 13.9 Å². The van der Waals surface area contributed by atoms with Gasteiger partial charge in [-0.3, -0.25) is 0 Å². The molecule has 0 saturated carbocycles. The molecule has 2 N–H and O–H groups in total. The maximum absolute atomic E-state index is 9.29. The summed E-state index contributed by atoms with van der Waals surface area (Å²) < 4.78 is 9.53. The van der Waals surface area contributed by atoms with Crippen molar-refractivity contribution >= 4 is 6.08 Å². The summed E-state index contributed by atoms with van der Waals surface area (Å²) in [5, 5.41) is 17.6. The second-order valence-electron chi connectivity index (χ2n) is 2.53. The molecule has 1 aromatic carbocycles. The van der Waals surface area contributed by atoms with E-state index in [0.717, 1.165) is 5.56 Å². The monoisotopic (exact) mass is 196 g/mol. The first-order valence-electron chi connectivity index (χ1n) is 4.04. The van der Waals surface area contributed by atoms with E-state index in [-0.39, 0.29) is 12.5 Å². The lowest BCUT2D eigenvalue weighted by atomic mass is 10.2. The Hall–Kier alpha value is -1.68. The van der Waals surface area contributed by atoms with Gasteiger partial charge in [0.1, 0.15) is 0 Å². The van der Waals surface area contributed by atoms with E-state index in [1.807, 2.05) is 0 Å². The van der Waals surface area contributed by atoms with Gasteiger partial charge in [0, 0.05) is 0 Å². The molecule has 1 rings (SSSR count). The van der Waals surface area contributed by atoms with E-state index >= 15 is 0 Å². The van der Waals surface area contributed by atoms with Gasteiger partial charge in [-0.15, -0.1) is 0 Å². The minimum absolute atomic E-state index is 0.0905. The Kier molecular flexibility index (Phi) is 3.82. The number of methoxy groups -OCH3 is 1. The fourth-order valence-corrected chi connectivity index (χ4v) is 0.968. The lowest BCUT2D eigenvalue weighted by Gasteiger charge is -2.03. The zero-order valence-electron chi connectivity index (χ0n) is 7.80. The predicted molar refractivity (Wildman–Crippen MR) is 51.9 cm³/mol. The molecule has 0 aromatic heterocycles. The number of benzene rings is 1. The molecule has 0 bridgehead atoms. The molecule has 0 saturated heterocycles. The van der Waals surface area contributed by atoms with Crippen molar-refractivity contribution < 1.29 is 19.7 Å². The van der Waals surface area contributed by atoms with Gasteiger partial charge in [0.05, 0.1) is 13.4 Å². The van der Waals surface area contributed by atoms with Crippen LogP contribution in [0.3, 0.4) is 0 Å². The van der Waals surface area contributed by atoms with Crippen molar-refractivity contribution in [3.63, 3.8) is 0 Å². The second-order valence-corrected chi connectivity index (χ2v) is 2.53. The highest BCUT2D eigenvalue weighted by Gasteiger charge is 1.99. The van der Waals surface area contributed by atoms with Gasteiger partial charge in [-0.05, 0) is 23.8 Å². The molecule has 1 aromatic rings. The molecule has 76 valence electrons. The highest BCUT2D eigenvalue weighted by Crippen LogP contribution is 2.26. The molecule has 0 unspecified atom stereocenters. The summed E-state index contributed by atoms with van der Waals surface area (Å²) in [6.07, 6.45) is 3.02. The maximum Gasteiger partial charge on any atom is 0.185 e. The molecule has 0 fully saturated rings. The van der Waals surface area contributed by atoms with Gasteiger partial charge in [-0.25, -0.2) is 0 Å². The third kappa shape index (κ3) is 2.67. The number of aromatic hydroxyl groups is 1. The van der Waals surface area contributed by atoms with Crippen LogP contribution in [-0.2, 0) is 4.74 Å². The molecule has 14 heavy (non-hydrogen) atoms. The van der Waals surface area contributed by atoms with Crippen LogP contribution >= 0.6 is 0 Å². The fraction of sp³-hybridized carbons (Fsp3) is 0.200. The molecular weight excluding hydrogens is 184 g/mol. The normalized spacial score (nSPS) is 10.4. The smallest absolute Gasteiger partial charge is 0.185 e. The summed E-state index contributed by atoms with van der Waals surface area (Å²) in [6.45, 7) is -0.355. The van der Waals surface area contributed by atoms with Gasteiger partial charge in [0.25, 0.3) is 0 Å². The Morgan fingerprint density at radius 2 is 2.21 bits per heavy atom. The highest BCUT2D eigenvalue weighted by atomic mass is 16.6. The summed E-state index contributed by atoms with van der Waals surface area (Å²) in [6, 6.07) is 4.89. The minimum Gasteiger partial charge on any atom is -0.504 e. The van der Waals surface area contributed by atoms with E-state index < -0.39 is 0 Å². The molecular formula is C10H12O4. The number of ether oxygens (including phenoxy) is 2. The number of phenols is 1. The number of aliphatic hydroxyl groups is 1. The Morgan fingerprint density at radius 1 is 1.43 bits per heavy atom. The van der Waals surface area contributed by atoms with Gasteiger partial charge in [-0.1, -0.05) is 6.07 Å². The number of phenolic OH excluding ortho intramolecular Hbond substituents is 1. The fourth-order valence-electron chi connectivity index (χ4n) is 0.968. The Labute approximate surface area is 82.0 Å². The van der Waals surface area contributed by atoms with Gasteiger partial charge in [0.15, 0.2) is 18.3 Å². The molecule has 0 aliphatic heterocycles. The van der Waals surface area contributed by atoms with Crippen molar-refractivity contribution in [2.24, 2.45) is 0 Å². The van der Waals surface area contributed by atoms with Crippen LogP contribution in [0.5, 0.6) is 11.5 Å². The minimum atomic E-state index is -0.355. The molecule has 0 aliphatic carbocycles. The molecule has 0 radical (unpaired) electrons. The van der Waals surface area contributed by atoms with E-state index in [2.05, 4.69) is 4.74 Å². The first-order chi connectivity index (χ1) is 6.77. The van der Waals surface area contributed by atoms with Crippen LogP contribution in [0.4, 0.5) is 0 Å². The summed E-state index contributed by atoms with van der Waals surface area (Å²) in [7, 11) is 1.48. The van der Waals surface area contributed by atoms with Gasteiger partial charge in [-0.2, -0.15) is 0 Å². The molecule has 0 amide bonds. The van der Waals surface area contributed by atoms with E-state index in [9.17, 15) is 5.11 Å². The molecule has 0 heterocycles. The number of hydrogen-bond acceptors (Lipinski definition) is 4. The highest BCUT2D eigenvalue weighted by molar-refractivity contribution is 5.54.